The summed E-state index contributed by atoms with van der Waals surface area (Å²) in [5.74, 6) is 0.276. The second-order valence-corrected chi connectivity index (χ2v) is 7.70. The van der Waals surface area contributed by atoms with Crippen LogP contribution in [0.1, 0.15) is 21.5 Å². The first-order chi connectivity index (χ1) is 13.4. The number of carbonyl (C=O) groups excluding carboxylic acids is 1. The quantitative estimate of drug-likeness (QED) is 0.668. The zero-order valence-corrected chi connectivity index (χ0v) is 16.1. The fraction of sp³-hybridized carbons (Fsp3) is 0.0952. The Hall–Kier alpha value is -3.16. The summed E-state index contributed by atoms with van der Waals surface area (Å²) in [6.07, 6.45) is 0.258. The molecule has 3 rings (SSSR count). The van der Waals surface area contributed by atoms with Gasteiger partial charge in [0.25, 0.3) is 5.91 Å². The number of rotatable bonds is 6. The van der Waals surface area contributed by atoms with Gasteiger partial charge < -0.3 is 10.1 Å². The minimum absolute atomic E-state index is 0.0255. The van der Waals surface area contributed by atoms with Gasteiger partial charge in [-0.1, -0.05) is 36.4 Å². The predicted octanol–water partition coefficient (Wildman–Crippen LogP) is 3.19. The largest absolute Gasteiger partial charge is 0.497 e. The number of sulfonamides is 1. The molecular formula is C21H20N2O4S. The highest BCUT2D eigenvalue weighted by molar-refractivity contribution is 7.89. The second-order valence-electron chi connectivity index (χ2n) is 6.17. The summed E-state index contributed by atoms with van der Waals surface area (Å²) in [5, 5.41) is 8.24. The van der Waals surface area contributed by atoms with Crippen molar-refractivity contribution < 1.29 is 17.9 Å². The molecule has 0 radical (unpaired) electrons. The van der Waals surface area contributed by atoms with Crippen LogP contribution in [-0.2, 0) is 16.4 Å². The lowest BCUT2D eigenvalue weighted by molar-refractivity contribution is 0.102. The minimum Gasteiger partial charge on any atom is -0.497 e. The number of primary sulfonamides is 1. The molecule has 0 aliphatic rings. The Labute approximate surface area is 164 Å². The molecule has 0 atom stereocenters. The number of nitrogens with one attached hydrogen (secondary N) is 1. The van der Waals surface area contributed by atoms with Gasteiger partial charge in [-0.3, -0.25) is 4.79 Å². The number of anilines is 1. The number of amides is 1. The molecule has 144 valence electrons. The summed E-state index contributed by atoms with van der Waals surface area (Å²) in [7, 11) is -2.40. The van der Waals surface area contributed by atoms with E-state index >= 15 is 0 Å². The Morgan fingerprint density at radius 3 is 2.32 bits per heavy atom. The number of hydrogen-bond donors (Lipinski definition) is 2. The molecule has 0 aliphatic heterocycles. The van der Waals surface area contributed by atoms with Gasteiger partial charge in [-0.15, -0.1) is 0 Å². The number of carbonyl (C=O) groups is 1. The highest BCUT2D eigenvalue weighted by atomic mass is 32.2. The molecule has 7 heteroatoms. The zero-order chi connectivity index (χ0) is 20.1. The maximum absolute atomic E-state index is 12.5. The molecule has 0 unspecified atom stereocenters. The maximum atomic E-state index is 12.5. The zero-order valence-electron chi connectivity index (χ0n) is 15.3. The van der Waals surface area contributed by atoms with E-state index in [0.717, 1.165) is 5.56 Å². The van der Waals surface area contributed by atoms with Crippen LogP contribution >= 0.6 is 0 Å². The van der Waals surface area contributed by atoms with E-state index in [0.29, 0.717) is 22.6 Å². The highest BCUT2D eigenvalue weighted by Crippen LogP contribution is 2.26. The van der Waals surface area contributed by atoms with Crippen molar-refractivity contribution in [3.8, 4) is 5.75 Å². The molecule has 0 heterocycles. The first kappa shape index (κ1) is 19.6. The first-order valence-electron chi connectivity index (χ1n) is 8.52. The van der Waals surface area contributed by atoms with E-state index in [-0.39, 0.29) is 17.2 Å². The standard InChI is InChI=1S/C21H20N2O4S/c1-27-18-11-12-20(28(22,25)26)17(14-18)13-16-9-5-6-10-19(16)23-21(24)15-7-3-2-4-8-15/h2-12,14H,13H2,1H3,(H,23,24)(H2,22,25,26). The Balaban J connectivity index is 1.95. The lowest BCUT2D eigenvalue weighted by Crippen LogP contribution is -2.16. The number of ether oxygens (including phenoxy) is 1. The van der Waals surface area contributed by atoms with Crippen LogP contribution < -0.4 is 15.2 Å². The molecule has 0 spiro atoms. The van der Waals surface area contributed by atoms with E-state index in [1.54, 1.807) is 48.5 Å². The predicted molar refractivity (Wildman–Crippen MR) is 108 cm³/mol. The van der Waals surface area contributed by atoms with Crippen molar-refractivity contribution in [3.05, 3.63) is 89.5 Å². The van der Waals surface area contributed by atoms with Crippen LogP contribution in [0.3, 0.4) is 0 Å². The average Bonchev–Trinajstić information content (AvgIpc) is 2.69. The van der Waals surface area contributed by atoms with Crippen LogP contribution in [-0.4, -0.2) is 21.4 Å². The molecular weight excluding hydrogens is 376 g/mol. The molecule has 6 nitrogen and oxygen atoms in total. The van der Waals surface area contributed by atoms with Crippen molar-refractivity contribution in [2.45, 2.75) is 11.3 Å². The summed E-state index contributed by atoms with van der Waals surface area (Å²) in [4.78, 5) is 12.5. The van der Waals surface area contributed by atoms with Gasteiger partial charge in [-0.2, -0.15) is 0 Å². The van der Waals surface area contributed by atoms with Gasteiger partial charge in [0.05, 0.1) is 12.0 Å². The SMILES string of the molecule is COc1ccc(S(N)(=O)=O)c(Cc2ccccc2NC(=O)c2ccccc2)c1. The molecule has 3 aromatic carbocycles. The Morgan fingerprint density at radius 2 is 1.64 bits per heavy atom. The van der Waals surface area contributed by atoms with E-state index in [4.69, 9.17) is 9.88 Å². The molecule has 28 heavy (non-hydrogen) atoms. The van der Waals surface area contributed by atoms with E-state index in [9.17, 15) is 13.2 Å². The molecule has 0 bridgehead atoms. The second kappa shape index (κ2) is 8.24. The Morgan fingerprint density at radius 1 is 0.964 bits per heavy atom. The number of benzene rings is 3. The van der Waals surface area contributed by atoms with Gasteiger partial charge in [-0.05, 0) is 47.5 Å². The number of hydrogen-bond acceptors (Lipinski definition) is 4. The van der Waals surface area contributed by atoms with Gasteiger partial charge >= 0.3 is 0 Å². The highest BCUT2D eigenvalue weighted by Gasteiger charge is 2.17. The van der Waals surface area contributed by atoms with Crippen LogP contribution in [0.4, 0.5) is 5.69 Å². The number of methoxy groups -OCH3 is 1. The van der Waals surface area contributed by atoms with Gasteiger partial charge in [0.15, 0.2) is 0 Å². The van der Waals surface area contributed by atoms with Gasteiger partial charge in [0.2, 0.25) is 10.0 Å². The van der Waals surface area contributed by atoms with Crippen LogP contribution in [0.25, 0.3) is 0 Å². The van der Waals surface area contributed by atoms with E-state index in [2.05, 4.69) is 5.32 Å². The smallest absolute Gasteiger partial charge is 0.255 e. The summed E-state index contributed by atoms with van der Waals surface area (Å²) in [6, 6.07) is 20.7. The van der Waals surface area contributed by atoms with E-state index < -0.39 is 10.0 Å². The summed E-state index contributed by atoms with van der Waals surface area (Å²) >= 11 is 0. The van der Waals surface area contributed by atoms with Gasteiger partial charge in [0, 0.05) is 17.7 Å². The summed E-state index contributed by atoms with van der Waals surface area (Å²) < 4.78 is 29.1. The molecule has 0 saturated heterocycles. The fourth-order valence-electron chi connectivity index (χ4n) is 2.88. The van der Waals surface area contributed by atoms with Crippen LogP contribution in [0.15, 0.2) is 77.7 Å². The molecule has 0 aromatic heterocycles. The van der Waals surface area contributed by atoms with Crippen LogP contribution in [0.2, 0.25) is 0 Å². The first-order valence-corrected chi connectivity index (χ1v) is 10.1. The molecule has 0 fully saturated rings. The molecule has 0 saturated carbocycles. The monoisotopic (exact) mass is 396 g/mol. The molecule has 0 aliphatic carbocycles. The lowest BCUT2D eigenvalue weighted by Gasteiger charge is -2.14. The van der Waals surface area contributed by atoms with Crippen molar-refractivity contribution in [3.63, 3.8) is 0 Å². The Kier molecular flexibility index (Phi) is 5.77. The maximum Gasteiger partial charge on any atom is 0.255 e. The van der Waals surface area contributed by atoms with Crippen molar-refractivity contribution in [2.24, 2.45) is 5.14 Å². The molecule has 3 N–H and O–H groups in total. The average molecular weight is 396 g/mol. The number of para-hydroxylation sites is 1. The normalized spacial score (nSPS) is 11.1. The van der Waals surface area contributed by atoms with Crippen molar-refractivity contribution in [2.75, 3.05) is 12.4 Å². The fourth-order valence-corrected chi connectivity index (χ4v) is 3.64. The third-order valence-corrected chi connectivity index (χ3v) is 5.27. The number of nitrogens with two attached hydrogens (primary N) is 1. The summed E-state index contributed by atoms with van der Waals surface area (Å²) in [5.41, 5.74) is 2.37. The van der Waals surface area contributed by atoms with Crippen LogP contribution in [0.5, 0.6) is 5.75 Å². The molecule has 1 amide bonds. The Bertz CT molecular complexity index is 1100. The minimum atomic E-state index is -3.90. The summed E-state index contributed by atoms with van der Waals surface area (Å²) in [6.45, 7) is 0. The van der Waals surface area contributed by atoms with Crippen molar-refractivity contribution in [1.29, 1.82) is 0 Å². The third kappa shape index (κ3) is 4.57. The molecule has 3 aromatic rings. The van der Waals surface area contributed by atoms with Gasteiger partial charge in [0.1, 0.15) is 5.75 Å². The van der Waals surface area contributed by atoms with E-state index in [1.165, 1.54) is 13.2 Å². The topological polar surface area (TPSA) is 98.5 Å². The van der Waals surface area contributed by atoms with E-state index in [1.807, 2.05) is 18.2 Å². The third-order valence-electron chi connectivity index (χ3n) is 4.26. The van der Waals surface area contributed by atoms with Crippen LogP contribution in [0, 0.1) is 0 Å². The van der Waals surface area contributed by atoms with Gasteiger partial charge in [-0.25, -0.2) is 13.6 Å². The van der Waals surface area contributed by atoms with Crippen molar-refractivity contribution >= 4 is 21.6 Å². The lowest BCUT2D eigenvalue weighted by atomic mass is 10.0. The van der Waals surface area contributed by atoms with Crippen molar-refractivity contribution in [1.82, 2.24) is 0 Å².